The first-order valence-corrected chi connectivity index (χ1v) is 8.73. The van der Waals surface area contributed by atoms with Gasteiger partial charge in [-0.15, -0.1) is 0 Å². The molecule has 4 saturated carbocycles. The van der Waals surface area contributed by atoms with Crippen LogP contribution in [-0.2, 0) is 9.53 Å². The Morgan fingerprint density at radius 1 is 1.23 bits per heavy atom. The molecule has 4 nitrogen and oxygen atoms in total. The van der Waals surface area contributed by atoms with Crippen LogP contribution in [-0.4, -0.2) is 35.5 Å². The van der Waals surface area contributed by atoms with Crippen LogP contribution in [0.4, 0.5) is 0 Å². The molecular weight excluding hydrogens is 280 g/mol. The normalized spacial score (nSPS) is 43.4. The van der Waals surface area contributed by atoms with Crippen LogP contribution in [0.2, 0.25) is 0 Å². The third kappa shape index (κ3) is 2.30. The standard InChI is InChI=1S/C18H30O4/c1-4-16(2,3)15(21)22-14-13-5-12-6-17(8-13,10-19)9-18(14,7-12)11-20/h12-14,19-20H,4-11H2,1-3H3. The summed E-state index contributed by atoms with van der Waals surface area (Å²) in [4.78, 5) is 12.5. The smallest absolute Gasteiger partial charge is 0.311 e. The number of ether oxygens (including phenoxy) is 1. The van der Waals surface area contributed by atoms with Crippen LogP contribution in [0.15, 0.2) is 0 Å². The van der Waals surface area contributed by atoms with Crippen molar-refractivity contribution in [3.05, 3.63) is 0 Å². The lowest BCUT2D eigenvalue weighted by atomic mass is 9.43. The number of aliphatic hydroxyl groups excluding tert-OH is 2. The topological polar surface area (TPSA) is 66.8 Å². The van der Waals surface area contributed by atoms with Crippen LogP contribution >= 0.6 is 0 Å². The second kappa shape index (κ2) is 5.20. The minimum Gasteiger partial charge on any atom is -0.461 e. The van der Waals surface area contributed by atoms with Gasteiger partial charge in [0.05, 0.1) is 12.0 Å². The zero-order valence-corrected chi connectivity index (χ0v) is 14.1. The Morgan fingerprint density at radius 2 is 1.95 bits per heavy atom. The number of carbonyl (C=O) groups excluding carboxylic acids is 1. The molecule has 5 atom stereocenters. The van der Waals surface area contributed by atoms with Gasteiger partial charge in [-0.1, -0.05) is 6.92 Å². The molecule has 4 bridgehead atoms. The highest BCUT2D eigenvalue weighted by molar-refractivity contribution is 5.76. The second-order valence-electron chi connectivity index (χ2n) is 8.89. The molecule has 22 heavy (non-hydrogen) atoms. The maximum absolute atomic E-state index is 12.5. The summed E-state index contributed by atoms with van der Waals surface area (Å²) in [5.41, 5.74) is -0.843. The van der Waals surface area contributed by atoms with Gasteiger partial charge in [0, 0.05) is 12.0 Å². The van der Waals surface area contributed by atoms with Crippen LogP contribution in [0.5, 0.6) is 0 Å². The summed E-state index contributed by atoms with van der Waals surface area (Å²) in [6.45, 7) is 6.11. The van der Waals surface area contributed by atoms with Gasteiger partial charge in [0.1, 0.15) is 6.10 Å². The number of hydrogen-bond acceptors (Lipinski definition) is 4. The third-order valence-corrected chi connectivity index (χ3v) is 6.83. The lowest BCUT2D eigenvalue weighted by Crippen LogP contribution is -2.63. The van der Waals surface area contributed by atoms with Gasteiger partial charge in [-0.25, -0.2) is 0 Å². The quantitative estimate of drug-likeness (QED) is 0.766. The Balaban J connectivity index is 1.85. The average Bonchev–Trinajstić information content (AvgIpc) is 2.50. The lowest BCUT2D eigenvalue weighted by molar-refractivity contribution is -0.231. The van der Waals surface area contributed by atoms with Gasteiger partial charge >= 0.3 is 5.97 Å². The molecule has 4 fully saturated rings. The molecule has 0 aromatic rings. The molecular formula is C18H30O4. The fourth-order valence-corrected chi connectivity index (χ4v) is 5.52. The van der Waals surface area contributed by atoms with Crippen LogP contribution in [0.25, 0.3) is 0 Å². The second-order valence-corrected chi connectivity index (χ2v) is 8.89. The monoisotopic (exact) mass is 310 g/mol. The molecule has 0 radical (unpaired) electrons. The Hall–Kier alpha value is -0.610. The van der Waals surface area contributed by atoms with E-state index in [4.69, 9.17) is 4.74 Å². The summed E-state index contributed by atoms with van der Waals surface area (Å²) >= 11 is 0. The molecule has 0 heterocycles. The first-order chi connectivity index (χ1) is 10.3. The molecule has 126 valence electrons. The van der Waals surface area contributed by atoms with Crippen molar-refractivity contribution in [3.8, 4) is 0 Å². The highest BCUT2D eigenvalue weighted by Crippen LogP contribution is 2.65. The van der Waals surface area contributed by atoms with Crippen molar-refractivity contribution >= 4 is 5.97 Å². The van der Waals surface area contributed by atoms with Crippen molar-refractivity contribution in [2.45, 2.75) is 65.4 Å². The van der Waals surface area contributed by atoms with Crippen LogP contribution < -0.4 is 0 Å². The van der Waals surface area contributed by atoms with Crippen molar-refractivity contribution < 1.29 is 19.7 Å². The molecule has 2 N–H and O–H groups in total. The molecule has 0 spiro atoms. The Bertz CT molecular complexity index is 460. The van der Waals surface area contributed by atoms with Crippen molar-refractivity contribution in [3.63, 3.8) is 0 Å². The van der Waals surface area contributed by atoms with E-state index < -0.39 is 5.41 Å². The molecule has 0 aliphatic heterocycles. The van der Waals surface area contributed by atoms with Crippen molar-refractivity contribution in [1.82, 2.24) is 0 Å². The number of carbonyl (C=O) groups is 1. The number of aliphatic hydroxyl groups is 2. The minimum absolute atomic E-state index is 0.0439. The number of hydrogen-bond donors (Lipinski definition) is 2. The van der Waals surface area contributed by atoms with Gasteiger partial charge in [0.15, 0.2) is 0 Å². The van der Waals surface area contributed by atoms with Gasteiger partial charge in [-0.05, 0) is 69.6 Å². The zero-order valence-electron chi connectivity index (χ0n) is 14.1. The molecule has 0 aromatic carbocycles. The molecule has 4 heteroatoms. The largest absolute Gasteiger partial charge is 0.461 e. The summed E-state index contributed by atoms with van der Waals surface area (Å²) in [5, 5.41) is 20.0. The van der Waals surface area contributed by atoms with Gasteiger partial charge in [-0.2, -0.15) is 0 Å². The summed E-state index contributed by atoms with van der Waals surface area (Å²) < 4.78 is 5.99. The Morgan fingerprint density at radius 3 is 2.55 bits per heavy atom. The first kappa shape index (κ1) is 16.3. The van der Waals surface area contributed by atoms with Gasteiger partial charge < -0.3 is 14.9 Å². The highest BCUT2D eigenvalue weighted by Gasteiger charge is 2.63. The van der Waals surface area contributed by atoms with E-state index in [1.54, 1.807) is 0 Å². The highest BCUT2D eigenvalue weighted by atomic mass is 16.5. The van der Waals surface area contributed by atoms with Crippen LogP contribution in [0.1, 0.15) is 59.3 Å². The summed E-state index contributed by atoms with van der Waals surface area (Å²) in [7, 11) is 0. The van der Waals surface area contributed by atoms with E-state index >= 15 is 0 Å². The van der Waals surface area contributed by atoms with E-state index in [1.165, 1.54) is 0 Å². The summed E-state index contributed by atoms with van der Waals surface area (Å²) in [6.07, 6.45) is 5.39. The van der Waals surface area contributed by atoms with E-state index in [1.807, 2.05) is 20.8 Å². The molecule has 4 aliphatic carbocycles. The molecule has 0 saturated heterocycles. The van der Waals surface area contributed by atoms with E-state index in [-0.39, 0.29) is 36.1 Å². The molecule has 4 rings (SSSR count). The predicted molar refractivity (Wildman–Crippen MR) is 83.1 cm³/mol. The zero-order chi connectivity index (χ0) is 16.2. The number of rotatable bonds is 5. The fraction of sp³-hybridized carbons (Fsp3) is 0.944. The van der Waals surface area contributed by atoms with Gasteiger partial charge in [0.25, 0.3) is 0 Å². The number of esters is 1. The van der Waals surface area contributed by atoms with Gasteiger partial charge in [0.2, 0.25) is 0 Å². The predicted octanol–water partition coefficient (Wildman–Crippen LogP) is 2.52. The maximum atomic E-state index is 12.5. The van der Waals surface area contributed by atoms with E-state index in [0.29, 0.717) is 11.8 Å². The summed E-state index contributed by atoms with van der Waals surface area (Å²) in [5.74, 6) is 0.733. The van der Waals surface area contributed by atoms with Crippen molar-refractivity contribution in [2.24, 2.45) is 28.1 Å². The lowest BCUT2D eigenvalue weighted by Gasteiger charge is -2.64. The minimum atomic E-state index is -0.472. The Kier molecular flexibility index (Phi) is 3.84. The molecule has 5 unspecified atom stereocenters. The van der Waals surface area contributed by atoms with Gasteiger partial charge in [-0.3, -0.25) is 4.79 Å². The van der Waals surface area contributed by atoms with E-state index in [9.17, 15) is 15.0 Å². The maximum Gasteiger partial charge on any atom is 0.311 e. The van der Waals surface area contributed by atoms with Crippen LogP contribution in [0.3, 0.4) is 0 Å². The fourth-order valence-electron chi connectivity index (χ4n) is 5.52. The summed E-state index contributed by atoms with van der Waals surface area (Å²) in [6, 6.07) is 0. The third-order valence-electron chi connectivity index (χ3n) is 6.83. The first-order valence-electron chi connectivity index (χ1n) is 8.73. The molecule has 4 aliphatic rings. The average molecular weight is 310 g/mol. The SMILES string of the molecule is CCC(C)(C)C(=O)OC1C2CC3CC(CO)(C2)CC1(CO)C3. The van der Waals surface area contributed by atoms with E-state index in [0.717, 1.165) is 38.5 Å². The van der Waals surface area contributed by atoms with Crippen molar-refractivity contribution in [2.75, 3.05) is 13.2 Å². The van der Waals surface area contributed by atoms with Crippen molar-refractivity contribution in [1.29, 1.82) is 0 Å². The van der Waals surface area contributed by atoms with E-state index in [2.05, 4.69) is 0 Å². The Labute approximate surface area is 133 Å². The van der Waals surface area contributed by atoms with Crippen LogP contribution in [0, 0.1) is 28.1 Å². The molecule has 0 aromatic heterocycles. The molecule has 0 amide bonds.